The van der Waals surface area contributed by atoms with Gasteiger partial charge in [0.05, 0.1) is 12.5 Å². The molecule has 0 aliphatic heterocycles. The first-order chi connectivity index (χ1) is 16.1. The second kappa shape index (κ2) is 25.3. The van der Waals surface area contributed by atoms with Crippen molar-refractivity contribution in [1.29, 1.82) is 0 Å². The average molecular weight is 466 g/mol. The fraction of sp³-hybridized carbons (Fsp3) is 0.862. The predicted molar refractivity (Wildman–Crippen MR) is 137 cm³/mol. The van der Waals surface area contributed by atoms with E-state index in [1.165, 1.54) is 96.3 Å². The van der Waals surface area contributed by atoms with E-state index in [9.17, 15) is 14.7 Å². The summed E-state index contributed by atoms with van der Waals surface area (Å²) in [6.45, 7) is 4.87. The summed E-state index contributed by atoms with van der Waals surface area (Å²) >= 11 is 0. The number of hydrogen-bond acceptors (Lipinski definition) is 4. The zero-order chi connectivity index (χ0) is 24.4. The number of hydrogen-bond donors (Lipinski definition) is 0. The molecule has 194 valence electrons. The number of carboxylic acids is 1. The van der Waals surface area contributed by atoms with Crippen LogP contribution in [-0.2, 0) is 14.3 Å². The number of ether oxygens (including phenoxy) is 1. The first-order valence-electron chi connectivity index (χ1n) is 14.1. The highest BCUT2D eigenvalue weighted by Gasteiger charge is 2.18. The van der Waals surface area contributed by atoms with Crippen LogP contribution >= 0.6 is 0 Å². The minimum atomic E-state index is -1.19. The molecule has 0 spiro atoms. The minimum Gasteiger partial charge on any atom is -0.550 e. The van der Waals surface area contributed by atoms with Crippen LogP contribution in [0.15, 0.2) is 12.2 Å². The van der Waals surface area contributed by atoms with Gasteiger partial charge in [0, 0.05) is 12.4 Å². The number of rotatable bonds is 25. The first kappa shape index (κ1) is 31.7. The van der Waals surface area contributed by atoms with Crippen molar-refractivity contribution >= 4 is 11.9 Å². The highest BCUT2D eigenvalue weighted by molar-refractivity contribution is 5.78. The Balaban J connectivity index is 3.80. The molecule has 0 radical (unpaired) electrons. The van der Waals surface area contributed by atoms with Gasteiger partial charge in [-0.3, -0.25) is 4.79 Å². The fourth-order valence-electron chi connectivity index (χ4n) is 4.12. The van der Waals surface area contributed by atoms with E-state index in [1.807, 2.05) is 6.08 Å². The Labute approximate surface area is 204 Å². The zero-order valence-corrected chi connectivity index (χ0v) is 21.9. The summed E-state index contributed by atoms with van der Waals surface area (Å²) in [5, 5.41) is 11.0. The SMILES string of the molecule is CCCCCCCCCC=CCC(CC(=O)[O-])C(=O)OCCCCCCCCCCCCC. The molecule has 0 aliphatic carbocycles. The Morgan fingerprint density at radius 3 is 1.61 bits per heavy atom. The molecule has 1 unspecified atom stereocenters. The number of esters is 1. The van der Waals surface area contributed by atoms with Crippen LogP contribution in [0.4, 0.5) is 0 Å². The van der Waals surface area contributed by atoms with Crippen LogP contribution in [0, 0.1) is 5.92 Å². The van der Waals surface area contributed by atoms with E-state index >= 15 is 0 Å². The van der Waals surface area contributed by atoms with Crippen LogP contribution in [0.5, 0.6) is 0 Å². The largest absolute Gasteiger partial charge is 0.550 e. The van der Waals surface area contributed by atoms with E-state index in [0.717, 1.165) is 25.7 Å². The van der Waals surface area contributed by atoms with Crippen molar-refractivity contribution in [3.8, 4) is 0 Å². The van der Waals surface area contributed by atoms with Crippen LogP contribution in [0.2, 0.25) is 0 Å². The quantitative estimate of drug-likeness (QED) is 0.0787. The number of aliphatic carboxylic acids is 1. The summed E-state index contributed by atoms with van der Waals surface area (Å²) in [6.07, 6.45) is 27.8. The van der Waals surface area contributed by atoms with E-state index in [1.54, 1.807) is 0 Å². The lowest BCUT2D eigenvalue weighted by molar-refractivity contribution is -0.306. The number of carbonyl (C=O) groups is 2. The van der Waals surface area contributed by atoms with Crippen molar-refractivity contribution in [2.45, 2.75) is 149 Å². The van der Waals surface area contributed by atoms with E-state index in [4.69, 9.17) is 4.74 Å². The topological polar surface area (TPSA) is 66.4 Å². The molecule has 4 heteroatoms. The maximum absolute atomic E-state index is 12.3. The van der Waals surface area contributed by atoms with Crippen LogP contribution in [0.25, 0.3) is 0 Å². The third-order valence-electron chi connectivity index (χ3n) is 6.30. The fourth-order valence-corrected chi connectivity index (χ4v) is 4.12. The number of carbonyl (C=O) groups excluding carboxylic acids is 2. The van der Waals surface area contributed by atoms with Gasteiger partial charge in [0.15, 0.2) is 0 Å². The van der Waals surface area contributed by atoms with Gasteiger partial charge >= 0.3 is 5.97 Å². The van der Waals surface area contributed by atoms with Gasteiger partial charge in [-0.15, -0.1) is 0 Å². The summed E-state index contributed by atoms with van der Waals surface area (Å²) in [7, 11) is 0. The maximum Gasteiger partial charge on any atom is 0.309 e. The standard InChI is InChI=1S/C29H54O4/c1-3-5-7-9-11-13-15-17-19-21-23-25-33-29(32)27(26-28(30)31)24-22-20-18-16-14-12-10-8-6-4-2/h20,22,27H,3-19,21,23-26H2,1-2H3,(H,30,31)/p-1. The molecule has 0 heterocycles. The Morgan fingerprint density at radius 2 is 1.12 bits per heavy atom. The van der Waals surface area contributed by atoms with Gasteiger partial charge in [-0.1, -0.05) is 129 Å². The summed E-state index contributed by atoms with van der Waals surface area (Å²) in [6, 6.07) is 0. The molecule has 0 aliphatic rings. The van der Waals surface area contributed by atoms with Gasteiger partial charge in [-0.05, 0) is 25.7 Å². The van der Waals surface area contributed by atoms with Gasteiger partial charge in [0.25, 0.3) is 0 Å². The van der Waals surface area contributed by atoms with E-state index in [2.05, 4.69) is 19.9 Å². The lowest BCUT2D eigenvalue weighted by atomic mass is 10.0. The molecule has 4 nitrogen and oxygen atoms in total. The maximum atomic E-state index is 12.3. The zero-order valence-electron chi connectivity index (χ0n) is 21.9. The minimum absolute atomic E-state index is 0.265. The molecular formula is C29H53O4-. The van der Waals surface area contributed by atoms with E-state index in [-0.39, 0.29) is 6.42 Å². The summed E-state index contributed by atoms with van der Waals surface area (Å²) in [5.74, 6) is -2.22. The first-order valence-corrected chi connectivity index (χ1v) is 14.1. The van der Waals surface area contributed by atoms with Crippen molar-refractivity contribution in [1.82, 2.24) is 0 Å². The summed E-state index contributed by atoms with van der Waals surface area (Å²) in [5.41, 5.74) is 0. The molecule has 0 rings (SSSR count). The third kappa shape index (κ3) is 23.6. The monoisotopic (exact) mass is 465 g/mol. The lowest BCUT2D eigenvalue weighted by Gasteiger charge is -2.15. The normalized spacial score (nSPS) is 12.3. The number of carboxylic acid groups (broad SMARTS) is 1. The Bertz CT molecular complexity index is 472. The Morgan fingerprint density at radius 1 is 0.667 bits per heavy atom. The van der Waals surface area contributed by atoms with Crippen LogP contribution in [0.1, 0.15) is 149 Å². The molecule has 33 heavy (non-hydrogen) atoms. The molecule has 1 atom stereocenters. The molecule has 0 aromatic heterocycles. The lowest BCUT2D eigenvalue weighted by Crippen LogP contribution is -2.29. The molecule has 0 fully saturated rings. The third-order valence-corrected chi connectivity index (χ3v) is 6.30. The van der Waals surface area contributed by atoms with Gasteiger partial charge in [-0.25, -0.2) is 0 Å². The second-order valence-electron chi connectivity index (χ2n) is 9.59. The smallest absolute Gasteiger partial charge is 0.309 e. The van der Waals surface area contributed by atoms with Crippen molar-refractivity contribution in [3.05, 3.63) is 12.2 Å². The van der Waals surface area contributed by atoms with Crippen molar-refractivity contribution in [3.63, 3.8) is 0 Å². The molecule has 0 amide bonds. The number of unbranched alkanes of at least 4 members (excludes halogenated alkanes) is 17. The molecule has 0 N–H and O–H groups in total. The molecule has 0 saturated heterocycles. The van der Waals surface area contributed by atoms with Gasteiger partial charge in [0.1, 0.15) is 0 Å². The van der Waals surface area contributed by atoms with Crippen LogP contribution in [0.3, 0.4) is 0 Å². The van der Waals surface area contributed by atoms with Gasteiger partial charge in [0.2, 0.25) is 0 Å². The van der Waals surface area contributed by atoms with Crippen LogP contribution in [-0.4, -0.2) is 18.5 Å². The molecular weight excluding hydrogens is 412 g/mol. The molecule has 0 aromatic carbocycles. The summed E-state index contributed by atoms with van der Waals surface area (Å²) < 4.78 is 5.37. The molecule has 0 aromatic rings. The van der Waals surface area contributed by atoms with Crippen LogP contribution < -0.4 is 5.11 Å². The van der Waals surface area contributed by atoms with Gasteiger partial charge < -0.3 is 14.6 Å². The summed E-state index contributed by atoms with van der Waals surface area (Å²) in [4.78, 5) is 23.3. The van der Waals surface area contributed by atoms with Crippen molar-refractivity contribution < 1.29 is 19.4 Å². The molecule has 0 saturated carbocycles. The Kier molecular flexibility index (Phi) is 24.3. The van der Waals surface area contributed by atoms with E-state index in [0.29, 0.717) is 13.0 Å². The van der Waals surface area contributed by atoms with E-state index < -0.39 is 17.9 Å². The highest BCUT2D eigenvalue weighted by atomic mass is 16.5. The predicted octanol–water partition coefficient (Wildman–Crippen LogP) is 7.68. The van der Waals surface area contributed by atoms with Crippen molar-refractivity contribution in [2.24, 2.45) is 5.92 Å². The number of allylic oxidation sites excluding steroid dienone is 2. The Hall–Kier alpha value is -1.32. The second-order valence-corrected chi connectivity index (χ2v) is 9.59. The molecule has 0 bridgehead atoms. The van der Waals surface area contributed by atoms with Crippen molar-refractivity contribution in [2.75, 3.05) is 6.61 Å². The highest BCUT2D eigenvalue weighted by Crippen LogP contribution is 2.15. The van der Waals surface area contributed by atoms with Gasteiger partial charge in [-0.2, -0.15) is 0 Å². The average Bonchev–Trinajstić information content (AvgIpc) is 2.79.